The molecule has 35 heavy (non-hydrogen) atoms. The van der Waals surface area contributed by atoms with E-state index in [1.165, 1.54) is 41.5 Å². The van der Waals surface area contributed by atoms with Gasteiger partial charge >= 0.3 is 0 Å². The van der Waals surface area contributed by atoms with Crippen LogP contribution in [-0.4, -0.2) is 46.4 Å². The number of thiazole rings is 1. The van der Waals surface area contributed by atoms with Gasteiger partial charge in [-0.1, -0.05) is 6.07 Å². The highest BCUT2D eigenvalue weighted by molar-refractivity contribution is 7.89. The molecule has 0 bridgehead atoms. The average Bonchev–Trinajstić information content (AvgIpc) is 3.44. The first kappa shape index (κ1) is 23.9. The molecule has 1 aliphatic rings. The number of primary sulfonamides is 1. The highest BCUT2D eigenvalue weighted by atomic mass is 35.5. The second-order valence-corrected chi connectivity index (χ2v) is 11.0. The molecule has 0 atom stereocenters. The zero-order valence-corrected chi connectivity index (χ0v) is 20.9. The van der Waals surface area contributed by atoms with Crippen molar-refractivity contribution in [1.29, 1.82) is 0 Å². The molecule has 2 N–H and O–H groups in total. The number of ether oxygens (including phenoxy) is 1. The first-order valence-electron chi connectivity index (χ1n) is 10.7. The Morgan fingerprint density at radius 2 is 1.89 bits per heavy atom. The first-order chi connectivity index (χ1) is 16.7. The summed E-state index contributed by atoms with van der Waals surface area (Å²) in [5.74, 6) is -0.490. The fraction of sp³-hybridized carbons (Fsp3) is 0.273. The van der Waals surface area contributed by atoms with Crippen LogP contribution in [0.2, 0.25) is 5.28 Å². The third kappa shape index (κ3) is 4.71. The molecule has 9 nitrogen and oxygen atoms in total. The van der Waals surface area contributed by atoms with E-state index in [2.05, 4.69) is 15.1 Å². The van der Waals surface area contributed by atoms with Crippen molar-refractivity contribution in [2.24, 2.45) is 12.2 Å². The van der Waals surface area contributed by atoms with Crippen molar-refractivity contribution in [3.8, 4) is 33.1 Å². The molecule has 13 heteroatoms. The molecular formula is C22H20ClFN6O3S2. The summed E-state index contributed by atoms with van der Waals surface area (Å²) in [6.07, 6.45) is 4.40. The van der Waals surface area contributed by atoms with Crippen molar-refractivity contribution in [2.75, 3.05) is 13.2 Å². The Labute approximate surface area is 209 Å². The summed E-state index contributed by atoms with van der Waals surface area (Å²) in [4.78, 5) is 13.5. The normalized spacial score (nSPS) is 15.0. The largest absolute Gasteiger partial charge is 0.381 e. The number of sulfonamides is 1. The minimum atomic E-state index is -4.13. The van der Waals surface area contributed by atoms with Crippen molar-refractivity contribution in [1.82, 2.24) is 24.7 Å². The second-order valence-electron chi connectivity index (χ2n) is 8.06. The lowest BCUT2D eigenvalue weighted by molar-refractivity contribution is 0.0853. The molecule has 1 aromatic carbocycles. The molecule has 5 rings (SSSR count). The van der Waals surface area contributed by atoms with E-state index in [-0.39, 0.29) is 32.9 Å². The Bertz CT molecular complexity index is 1520. The van der Waals surface area contributed by atoms with Gasteiger partial charge in [-0.15, -0.1) is 11.3 Å². The standard InChI is InChI=1S/C22H20ClFN6O3S2/c1-30-11-16(35(25,31)32)18(29-30)13-3-2-4-14(17(13)24)19-20(15-5-8-26-22(23)27-15)34-21(28-19)12-6-9-33-10-7-12/h2-5,8,11-12H,6-7,9-10H2,1H3,(H2,25,31,32). The van der Waals surface area contributed by atoms with Gasteiger partial charge in [0.15, 0.2) is 0 Å². The lowest BCUT2D eigenvalue weighted by Gasteiger charge is -2.19. The number of nitrogens with two attached hydrogens (primary N) is 1. The van der Waals surface area contributed by atoms with Crippen LogP contribution < -0.4 is 5.14 Å². The Kier molecular flexibility index (Phi) is 6.40. The fourth-order valence-electron chi connectivity index (χ4n) is 4.03. The third-order valence-electron chi connectivity index (χ3n) is 5.68. The SMILES string of the molecule is Cn1cc(S(N)(=O)=O)c(-c2cccc(-c3nc(C4CCOCC4)sc3-c3ccnc(Cl)n3)c2F)n1. The van der Waals surface area contributed by atoms with Gasteiger partial charge in [0.25, 0.3) is 0 Å². The molecule has 4 heterocycles. The van der Waals surface area contributed by atoms with E-state index in [0.717, 1.165) is 17.8 Å². The predicted octanol–water partition coefficient (Wildman–Crippen LogP) is 4.00. The summed E-state index contributed by atoms with van der Waals surface area (Å²) in [6, 6.07) is 6.37. The quantitative estimate of drug-likeness (QED) is 0.383. The minimum Gasteiger partial charge on any atom is -0.381 e. The summed E-state index contributed by atoms with van der Waals surface area (Å²) < 4.78 is 47.0. The minimum absolute atomic E-state index is 0.000545. The maximum atomic E-state index is 16.0. The van der Waals surface area contributed by atoms with Crippen molar-refractivity contribution in [2.45, 2.75) is 23.7 Å². The van der Waals surface area contributed by atoms with E-state index in [1.54, 1.807) is 18.2 Å². The maximum Gasteiger partial charge on any atom is 0.241 e. The number of benzene rings is 1. The molecule has 0 aliphatic carbocycles. The predicted molar refractivity (Wildman–Crippen MR) is 130 cm³/mol. The number of halogens is 2. The van der Waals surface area contributed by atoms with E-state index in [9.17, 15) is 8.42 Å². The van der Waals surface area contributed by atoms with Gasteiger partial charge in [0.2, 0.25) is 15.3 Å². The van der Waals surface area contributed by atoms with Crippen LogP contribution in [0.4, 0.5) is 4.39 Å². The van der Waals surface area contributed by atoms with Crippen LogP contribution in [-0.2, 0) is 21.8 Å². The first-order valence-corrected chi connectivity index (χ1v) is 13.4. The molecule has 0 saturated carbocycles. The van der Waals surface area contributed by atoms with Gasteiger partial charge in [-0.25, -0.2) is 32.9 Å². The van der Waals surface area contributed by atoms with Gasteiger partial charge in [0, 0.05) is 49.7 Å². The number of hydrogen-bond acceptors (Lipinski definition) is 8. The Morgan fingerprint density at radius 3 is 2.57 bits per heavy atom. The molecule has 182 valence electrons. The molecule has 0 amide bonds. The third-order valence-corrected chi connectivity index (χ3v) is 8.02. The number of aromatic nitrogens is 5. The highest BCUT2D eigenvalue weighted by Gasteiger charge is 2.28. The topological polar surface area (TPSA) is 126 Å². The number of hydrogen-bond donors (Lipinski definition) is 1. The molecule has 0 unspecified atom stereocenters. The van der Waals surface area contributed by atoms with Gasteiger partial charge in [-0.05, 0) is 42.6 Å². The van der Waals surface area contributed by atoms with Crippen LogP contribution in [0.3, 0.4) is 0 Å². The van der Waals surface area contributed by atoms with Crippen LogP contribution in [0.25, 0.3) is 33.1 Å². The maximum absolute atomic E-state index is 16.0. The molecule has 0 radical (unpaired) electrons. The fourth-order valence-corrected chi connectivity index (χ4v) is 6.12. The summed E-state index contributed by atoms with van der Waals surface area (Å²) in [7, 11) is -2.59. The van der Waals surface area contributed by atoms with Crippen molar-refractivity contribution < 1.29 is 17.5 Å². The van der Waals surface area contributed by atoms with Crippen LogP contribution in [0.15, 0.2) is 41.6 Å². The Morgan fingerprint density at radius 1 is 1.17 bits per heavy atom. The second kappa shape index (κ2) is 9.36. The smallest absolute Gasteiger partial charge is 0.241 e. The molecular weight excluding hydrogens is 515 g/mol. The van der Waals surface area contributed by atoms with Gasteiger partial charge in [0.05, 0.1) is 21.3 Å². The summed E-state index contributed by atoms with van der Waals surface area (Å²) >= 11 is 7.47. The summed E-state index contributed by atoms with van der Waals surface area (Å²) in [6.45, 7) is 1.27. The lowest BCUT2D eigenvalue weighted by Crippen LogP contribution is -2.13. The zero-order chi connectivity index (χ0) is 24.7. The molecule has 4 aromatic rings. The van der Waals surface area contributed by atoms with E-state index < -0.39 is 15.8 Å². The van der Waals surface area contributed by atoms with Crippen molar-refractivity contribution in [3.63, 3.8) is 0 Å². The molecule has 0 spiro atoms. The van der Waals surface area contributed by atoms with Crippen LogP contribution in [0.1, 0.15) is 23.8 Å². The van der Waals surface area contributed by atoms with Gasteiger partial charge in [-0.3, -0.25) is 4.68 Å². The highest BCUT2D eigenvalue weighted by Crippen LogP contribution is 2.43. The van der Waals surface area contributed by atoms with Gasteiger partial charge in [-0.2, -0.15) is 5.10 Å². The average molecular weight is 535 g/mol. The molecule has 1 fully saturated rings. The summed E-state index contributed by atoms with van der Waals surface area (Å²) in [5.41, 5.74) is 1.02. The number of rotatable bonds is 5. The van der Waals surface area contributed by atoms with Gasteiger partial charge in [0.1, 0.15) is 16.4 Å². The van der Waals surface area contributed by atoms with E-state index in [0.29, 0.717) is 29.5 Å². The molecule has 1 aliphatic heterocycles. The van der Waals surface area contributed by atoms with Crippen molar-refractivity contribution in [3.05, 3.63) is 52.8 Å². The van der Waals surface area contributed by atoms with E-state index in [1.807, 2.05) is 0 Å². The molecule has 3 aromatic heterocycles. The van der Waals surface area contributed by atoms with E-state index in [4.69, 9.17) is 26.5 Å². The number of aryl methyl sites for hydroxylation is 1. The van der Waals surface area contributed by atoms with Crippen molar-refractivity contribution >= 4 is 33.0 Å². The monoisotopic (exact) mass is 534 g/mol. The van der Waals surface area contributed by atoms with Crippen LogP contribution in [0, 0.1) is 5.82 Å². The Hall–Kier alpha value is -2.77. The zero-order valence-electron chi connectivity index (χ0n) is 18.5. The molecule has 1 saturated heterocycles. The van der Waals surface area contributed by atoms with E-state index >= 15 is 4.39 Å². The van der Waals surface area contributed by atoms with Gasteiger partial charge < -0.3 is 4.74 Å². The lowest BCUT2D eigenvalue weighted by atomic mass is 10.0. The summed E-state index contributed by atoms with van der Waals surface area (Å²) in [5, 5.41) is 10.4. The van der Waals surface area contributed by atoms with Crippen LogP contribution >= 0.6 is 22.9 Å². The Balaban J connectivity index is 1.70. The number of nitrogens with zero attached hydrogens (tertiary/aromatic N) is 5. The van der Waals surface area contributed by atoms with Crippen LogP contribution in [0.5, 0.6) is 0 Å².